The van der Waals surface area contributed by atoms with Gasteiger partial charge in [0.05, 0.1) is 17.6 Å². The van der Waals surface area contributed by atoms with Gasteiger partial charge >= 0.3 is 0 Å². The van der Waals surface area contributed by atoms with Gasteiger partial charge in [-0.25, -0.2) is 0 Å². The molecule has 0 aliphatic rings. The highest BCUT2D eigenvalue weighted by atomic mass is 16.6. The molecular weight excluding hydrogens is 272 g/mol. The predicted octanol–water partition coefficient (Wildman–Crippen LogP) is 2.66. The van der Waals surface area contributed by atoms with E-state index in [9.17, 15) is 15.2 Å². The van der Waals surface area contributed by atoms with Crippen LogP contribution < -0.4 is 4.74 Å². The van der Waals surface area contributed by atoms with Gasteiger partial charge in [0.2, 0.25) is 0 Å². The molecule has 2 rings (SSSR count). The van der Waals surface area contributed by atoms with Gasteiger partial charge in [-0.3, -0.25) is 15.1 Å². The van der Waals surface area contributed by atoms with Gasteiger partial charge < -0.3 is 9.84 Å². The molecule has 1 aromatic carbocycles. The zero-order chi connectivity index (χ0) is 15.2. The number of benzene rings is 1. The fraction of sp³-hybridized carbons (Fsp3) is 0.267. The lowest BCUT2D eigenvalue weighted by Gasteiger charge is -2.13. The number of ether oxygens (including phenoxy) is 1. The van der Waals surface area contributed by atoms with Crippen LogP contribution in [-0.4, -0.2) is 21.6 Å². The van der Waals surface area contributed by atoms with Crippen molar-refractivity contribution < 1.29 is 14.8 Å². The number of nitrogens with zero attached hydrogens (tertiary/aromatic N) is 2. The first-order valence-corrected chi connectivity index (χ1v) is 6.56. The van der Waals surface area contributed by atoms with Gasteiger partial charge in [0.15, 0.2) is 0 Å². The fourth-order valence-electron chi connectivity index (χ4n) is 1.94. The third kappa shape index (κ3) is 4.00. The van der Waals surface area contributed by atoms with Gasteiger partial charge in [0, 0.05) is 36.5 Å². The number of aliphatic hydroxyl groups is 1. The molecule has 0 bridgehead atoms. The van der Waals surface area contributed by atoms with Crippen molar-refractivity contribution in [2.75, 3.05) is 6.61 Å². The maximum Gasteiger partial charge on any atom is 0.270 e. The van der Waals surface area contributed by atoms with Crippen LogP contribution in [0.5, 0.6) is 5.75 Å². The van der Waals surface area contributed by atoms with Crippen LogP contribution in [-0.2, 0) is 6.42 Å². The number of hydrogen-bond acceptors (Lipinski definition) is 5. The van der Waals surface area contributed by atoms with E-state index in [0.29, 0.717) is 24.3 Å². The van der Waals surface area contributed by atoms with Crippen molar-refractivity contribution in [1.82, 2.24) is 4.98 Å². The molecular formula is C15H16N2O4. The summed E-state index contributed by atoms with van der Waals surface area (Å²) in [5, 5.41) is 20.5. The van der Waals surface area contributed by atoms with Crippen molar-refractivity contribution in [3.05, 3.63) is 64.0 Å². The van der Waals surface area contributed by atoms with Gasteiger partial charge in [-0.15, -0.1) is 0 Å². The first kappa shape index (κ1) is 14.9. The molecule has 0 spiro atoms. The van der Waals surface area contributed by atoms with Crippen molar-refractivity contribution in [1.29, 1.82) is 0 Å². The molecule has 0 amide bonds. The Hall–Kier alpha value is -2.47. The molecule has 1 aromatic heterocycles. The third-order valence-electron chi connectivity index (χ3n) is 3.05. The smallest absolute Gasteiger partial charge is 0.270 e. The van der Waals surface area contributed by atoms with E-state index in [1.807, 2.05) is 12.1 Å². The van der Waals surface area contributed by atoms with E-state index < -0.39 is 11.0 Å². The number of hydrogen-bond donors (Lipinski definition) is 1. The van der Waals surface area contributed by atoms with Gasteiger partial charge in [0.1, 0.15) is 5.75 Å². The normalized spacial score (nSPS) is 11.9. The molecule has 2 aromatic rings. The second-order valence-corrected chi connectivity index (χ2v) is 4.61. The van der Waals surface area contributed by atoms with E-state index in [4.69, 9.17) is 4.74 Å². The van der Waals surface area contributed by atoms with E-state index >= 15 is 0 Å². The maximum atomic E-state index is 10.8. The summed E-state index contributed by atoms with van der Waals surface area (Å²) in [5.41, 5.74) is 1.44. The lowest BCUT2D eigenvalue weighted by Crippen LogP contribution is -2.05. The number of rotatable bonds is 6. The SMILES string of the molecule is C[C@H](O)c1cc([N+](=O)[O-])ccc1OCCc1ccncc1. The van der Waals surface area contributed by atoms with Crippen LogP contribution in [0.2, 0.25) is 0 Å². The first-order valence-electron chi connectivity index (χ1n) is 6.56. The van der Waals surface area contributed by atoms with E-state index in [0.717, 1.165) is 5.56 Å². The lowest BCUT2D eigenvalue weighted by molar-refractivity contribution is -0.385. The third-order valence-corrected chi connectivity index (χ3v) is 3.05. The van der Waals surface area contributed by atoms with Crippen molar-refractivity contribution in [3.63, 3.8) is 0 Å². The summed E-state index contributed by atoms with van der Waals surface area (Å²) in [7, 11) is 0. The zero-order valence-electron chi connectivity index (χ0n) is 11.6. The molecule has 6 heteroatoms. The molecule has 0 aliphatic heterocycles. The molecule has 1 atom stereocenters. The molecule has 1 N–H and O–H groups in total. The highest BCUT2D eigenvalue weighted by Gasteiger charge is 2.15. The predicted molar refractivity (Wildman–Crippen MR) is 77.2 cm³/mol. The van der Waals surface area contributed by atoms with Gasteiger partial charge in [-0.1, -0.05) is 0 Å². The van der Waals surface area contributed by atoms with Crippen LogP contribution in [0.15, 0.2) is 42.7 Å². The zero-order valence-corrected chi connectivity index (χ0v) is 11.6. The summed E-state index contributed by atoms with van der Waals surface area (Å²) in [6, 6.07) is 8.02. The Balaban J connectivity index is 2.07. The lowest BCUT2D eigenvalue weighted by atomic mass is 10.1. The van der Waals surface area contributed by atoms with Gasteiger partial charge in [0.25, 0.3) is 5.69 Å². The maximum absolute atomic E-state index is 10.8. The molecule has 0 saturated heterocycles. The summed E-state index contributed by atoms with van der Waals surface area (Å²) in [6.07, 6.45) is 3.28. The molecule has 0 radical (unpaired) electrons. The molecule has 0 unspecified atom stereocenters. The number of nitro benzene ring substituents is 1. The quantitative estimate of drug-likeness (QED) is 0.652. The summed E-state index contributed by atoms with van der Waals surface area (Å²) < 4.78 is 5.63. The van der Waals surface area contributed by atoms with Crippen molar-refractivity contribution in [2.24, 2.45) is 0 Å². The fourth-order valence-corrected chi connectivity index (χ4v) is 1.94. The minimum absolute atomic E-state index is 0.0626. The highest BCUT2D eigenvalue weighted by Crippen LogP contribution is 2.29. The average molecular weight is 288 g/mol. The number of nitro groups is 1. The standard InChI is InChI=1S/C15H16N2O4/c1-11(18)14-10-13(17(19)20)2-3-15(14)21-9-6-12-4-7-16-8-5-12/h2-5,7-8,10-11,18H,6,9H2,1H3/t11-/m0/s1. The van der Waals surface area contributed by atoms with Gasteiger partial charge in [-0.05, 0) is 30.7 Å². The van der Waals surface area contributed by atoms with Crippen LogP contribution in [0.3, 0.4) is 0 Å². The Morgan fingerprint density at radius 2 is 2.05 bits per heavy atom. The summed E-state index contributed by atoms with van der Waals surface area (Å²) in [5.74, 6) is 0.463. The summed E-state index contributed by atoms with van der Waals surface area (Å²) in [6.45, 7) is 1.97. The number of aromatic nitrogens is 1. The van der Waals surface area contributed by atoms with E-state index in [1.165, 1.54) is 18.2 Å². The van der Waals surface area contributed by atoms with Crippen molar-refractivity contribution >= 4 is 5.69 Å². The highest BCUT2D eigenvalue weighted by molar-refractivity contribution is 5.44. The monoisotopic (exact) mass is 288 g/mol. The molecule has 0 saturated carbocycles. The topological polar surface area (TPSA) is 85.5 Å². The largest absolute Gasteiger partial charge is 0.493 e. The minimum Gasteiger partial charge on any atom is -0.493 e. The Kier molecular flexibility index (Phi) is 4.84. The molecule has 21 heavy (non-hydrogen) atoms. The Morgan fingerprint density at radius 1 is 1.33 bits per heavy atom. The van der Waals surface area contributed by atoms with Crippen LogP contribution in [0, 0.1) is 10.1 Å². The first-order chi connectivity index (χ1) is 10.1. The second kappa shape index (κ2) is 6.81. The van der Waals surface area contributed by atoms with Crippen LogP contribution in [0.25, 0.3) is 0 Å². The summed E-state index contributed by atoms with van der Waals surface area (Å²) >= 11 is 0. The minimum atomic E-state index is -0.833. The van der Waals surface area contributed by atoms with Crippen LogP contribution in [0.1, 0.15) is 24.2 Å². The Labute approximate surface area is 122 Å². The van der Waals surface area contributed by atoms with Crippen molar-refractivity contribution in [3.8, 4) is 5.75 Å². The number of aliphatic hydroxyl groups excluding tert-OH is 1. The van der Waals surface area contributed by atoms with Gasteiger partial charge in [-0.2, -0.15) is 0 Å². The average Bonchev–Trinajstić information content (AvgIpc) is 2.48. The van der Waals surface area contributed by atoms with E-state index in [2.05, 4.69) is 4.98 Å². The molecule has 0 aliphatic carbocycles. The number of pyridine rings is 1. The number of non-ortho nitro benzene ring substituents is 1. The molecule has 110 valence electrons. The molecule has 0 fully saturated rings. The van der Waals surface area contributed by atoms with Crippen LogP contribution >= 0.6 is 0 Å². The molecule has 1 heterocycles. The van der Waals surface area contributed by atoms with Crippen LogP contribution in [0.4, 0.5) is 5.69 Å². The van der Waals surface area contributed by atoms with E-state index in [-0.39, 0.29) is 5.69 Å². The molecule has 6 nitrogen and oxygen atoms in total. The Bertz CT molecular complexity index is 614. The second-order valence-electron chi connectivity index (χ2n) is 4.61. The van der Waals surface area contributed by atoms with E-state index in [1.54, 1.807) is 19.3 Å². The Morgan fingerprint density at radius 3 is 2.67 bits per heavy atom. The summed E-state index contributed by atoms with van der Waals surface area (Å²) in [4.78, 5) is 14.2. The van der Waals surface area contributed by atoms with Crippen molar-refractivity contribution in [2.45, 2.75) is 19.4 Å².